The predicted octanol–water partition coefficient (Wildman–Crippen LogP) is 2.68. The average molecular weight is 173 g/mol. The smallest absolute Gasteiger partial charge is 0.0817 e. The van der Waals surface area contributed by atoms with Gasteiger partial charge in [-0.15, -0.1) is 0 Å². The number of hydrogen-bond acceptors (Lipinski definition) is 1. The molecule has 1 heterocycles. The molecule has 1 aromatic rings. The zero-order valence-corrected chi connectivity index (χ0v) is 7.89. The Morgan fingerprint density at radius 1 is 1.64 bits per heavy atom. The highest BCUT2D eigenvalue weighted by molar-refractivity contribution is 6.31. The molecule has 0 fully saturated rings. The van der Waals surface area contributed by atoms with E-state index in [0.29, 0.717) is 6.04 Å². The van der Waals surface area contributed by atoms with Gasteiger partial charge in [0.05, 0.1) is 16.9 Å². The van der Waals surface area contributed by atoms with Gasteiger partial charge in [0, 0.05) is 6.04 Å². The van der Waals surface area contributed by atoms with Crippen molar-refractivity contribution in [1.29, 1.82) is 0 Å². The minimum atomic E-state index is 0.400. The van der Waals surface area contributed by atoms with E-state index in [1.54, 1.807) is 6.20 Å². The molecule has 11 heavy (non-hydrogen) atoms. The first-order chi connectivity index (χ1) is 5.16. The zero-order valence-electron chi connectivity index (χ0n) is 7.13. The normalized spacial score (nSPS) is 11.0. The molecule has 62 valence electrons. The number of nitrogens with zero attached hydrogens (tertiary/aromatic N) is 2. The van der Waals surface area contributed by atoms with E-state index >= 15 is 0 Å². The van der Waals surface area contributed by atoms with Crippen molar-refractivity contribution < 1.29 is 0 Å². The van der Waals surface area contributed by atoms with Gasteiger partial charge >= 0.3 is 0 Å². The Labute approximate surface area is 72.2 Å². The lowest BCUT2D eigenvalue weighted by Crippen LogP contribution is -2.06. The molecular weight excluding hydrogens is 160 g/mol. The van der Waals surface area contributed by atoms with Crippen molar-refractivity contribution in [3.8, 4) is 0 Å². The standard InChI is InChI=1S/C8H13ClN2/c1-4-8-7(9)5-10-11(8)6(2)3/h5-6H,4H2,1-3H3. The first-order valence-corrected chi connectivity index (χ1v) is 4.26. The lowest BCUT2D eigenvalue weighted by molar-refractivity contribution is 0.511. The summed E-state index contributed by atoms with van der Waals surface area (Å²) in [5, 5.41) is 4.95. The Bertz CT molecular complexity index is 240. The van der Waals surface area contributed by atoms with Crippen LogP contribution in [0.4, 0.5) is 0 Å². The molecule has 0 spiro atoms. The van der Waals surface area contributed by atoms with Gasteiger partial charge in [-0.25, -0.2) is 0 Å². The average Bonchev–Trinajstić information content (AvgIpc) is 2.30. The Morgan fingerprint density at radius 2 is 2.27 bits per heavy atom. The van der Waals surface area contributed by atoms with E-state index in [1.165, 1.54) is 0 Å². The maximum absolute atomic E-state index is 5.91. The topological polar surface area (TPSA) is 17.8 Å². The zero-order chi connectivity index (χ0) is 8.43. The molecule has 0 saturated heterocycles. The molecule has 0 N–H and O–H groups in total. The number of halogens is 1. The predicted molar refractivity (Wildman–Crippen MR) is 47.0 cm³/mol. The molecule has 0 aromatic carbocycles. The van der Waals surface area contributed by atoms with E-state index in [2.05, 4.69) is 25.9 Å². The fraction of sp³-hybridized carbons (Fsp3) is 0.625. The van der Waals surface area contributed by atoms with Gasteiger partial charge in [-0.3, -0.25) is 4.68 Å². The van der Waals surface area contributed by atoms with Crippen molar-refractivity contribution in [3.05, 3.63) is 16.9 Å². The van der Waals surface area contributed by atoms with Gasteiger partial charge in [-0.1, -0.05) is 18.5 Å². The summed E-state index contributed by atoms with van der Waals surface area (Å²) < 4.78 is 1.96. The second-order valence-electron chi connectivity index (χ2n) is 2.83. The summed E-state index contributed by atoms with van der Waals surface area (Å²) >= 11 is 5.91. The molecule has 3 heteroatoms. The SMILES string of the molecule is CCc1c(Cl)cnn1C(C)C. The van der Waals surface area contributed by atoms with Crippen LogP contribution in [0.25, 0.3) is 0 Å². The van der Waals surface area contributed by atoms with Crippen LogP contribution >= 0.6 is 11.6 Å². The van der Waals surface area contributed by atoms with E-state index in [4.69, 9.17) is 11.6 Å². The van der Waals surface area contributed by atoms with Gasteiger partial charge in [0.1, 0.15) is 0 Å². The van der Waals surface area contributed by atoms with Crippen molar-refractivity contribution in [2.24, 2.45) is 0 Å². The number of rotatable bonds is 2. The van der Waals surface area contributed by atoms with E-state index in [9.17, 15) is 0 Å². The summed E-state index contributed by atoms with van der Waals surface area (Å²) in [5.41, 5.74) is 1.13. The van der Waals surface area contributed by atoms with Gasteiger partial charge in [-0.05, 0) is 20.3 Å². The Morgan fingerprint density at radius 3 is 2.64 bits per heavy atom. The second kappa shape index (κ2) is 3.26. The van der Waals surface area contributed by atoms with Crippen LogP contribution in [-0.4, -0.2) is 9.78 Å². The molecule has 0 saturated carbocycles. The third-order valence-corrected chi connectivity index (χ3v) is 1.99. The highest BCUT2D eigenvalue weighted by atomic mass is 35.5. The van der Waals surface area contributed by atoms with Crippen molar-refractivity contribution in [1.82, 2.24) is 9.78 Å². The summed E-state index contributed by atoms with van der Waals surface area (Å²) in [4.78, 5) is 0. The Kier molecular flexibility index (Phi) is 2.55. The number of aromatic nitrogens is 2. The molecular formula is C8H13ClN2. The van der Waals surface area contributed by atoms with E-state index in [1.807, 2.05) is 4.68 Å². The van der Waals surface area contributed by atoms with Crippen LogP contribution in [0.1, 0.15) is 32.5 Å². The minimum Gasteiger partial charge on any atom is -0.266 e. The third kappa shape index (κ3) is 1.56. The first kappa shape index (κ1) is 8.60. The first-order valence-electron chi connectivity index (χ1n) is 3.88. The maximum Gasteiger partial charge on any atom is 0.0817 e. The summed E-state index contributed by atoms with van der Waals surface area (Å²) in [6.45, 7) is 6.28. The molecule has 0 aliphatic heterocycles. The molecule has 0 aliphatic rings. The summed E-state index contributed by atoms with van der Waals surface area (Å²) in [6, 6.07) is 0.400. The van der Waals surface area contributed by atoms with Gasteiger partial charge in [0.2, 0.25) is 0 Å². The van der Waals surface area contributed by atoms with Gasteiger partial charge in [0.15, 0.2) is 0 Å². The molecule has 0 bridgehead atoms. The number of hydrogen-bond donors (Lipinski definition) is 0. The fourth-order valence-corrected chi connectivity index (χ4v) is 1.41. The van der Waals surface area contributed by atoms with Gasteiger partial charge in [0.25, 0.3) is 0 Å². The molecule has 0 aliphatic carbocycles. The molecule has 1 rings (SSSR count). The van der Waals surface area contributed by atoms with Crippen molar-refractivity contribution in [3.63, 3.8) is 0 Å². The summed E-state index contributed by atoms with van der Waals surface area (Å²) in [7, 11) is 0. The highest BCUT2D eigenvalue weighted by Gasteiger charge is 2.08. The molecule has 2 nitrogen and oxygen atoms in total. The monoisotopic (exact) mass is 172 g/mol. The Hall–Kier alpha value is -0.500. The van der Waals surface area contributed by atoms with E-state index in [-0.39, 0.29) is 0 Å². The maximum atomic E-state index is 5.91. The lowest BCUT2D eigenvalue weighted by atomic mass is 10.3. The van der Waals surface area contributed by atoms with Crippen molar-refractivity contribution >= 4 is 11.6 Å². The van der Waals surface area contributed by atoms with Crippen LogP contribution in [0.3, 0.4) is 0 Å². The highest BCUT2D eigenvalue weighted by Crippen LogP contribution is 2.18. The lowest BCUT2D eigenvalue weighted by Gasteiger charge is -2.08. The molecule has 0 amide bonds. The van der Waals surface area contributed by atoms with Gasteiger partial charge < -0.3 is 0 Å². The van der Waals surface area contributed by atoms with Crippen LogP contribution in [0, 0.1) is 0 Å². The molecule has 0 radical (unpaired) electrons. The van der Waals surface area contributed by atoms with Crippen LogP contribution in [0.2, 0.25) is 5.02 Å². The quantitative estimate of drug-likeness (QED) is 0.671. The molecule has 1 aromatic heterocycles. The molecule has 0 atom stereocenters. The van der Waals surface area contributed by atoms with Crippen LogP contribution in [0.5, 0.6) is 0 Å². The molecule has 0 unspecified atom stereocenters. The fourth-order valence-electron chi connectivity index (χ4n) is 1.14. The van der Waals surface area contributed by atoms with Crippen molar-refractivity contribution in [2.45, 2.75) is 33.2 Å². The van der Waals surface area contributed by atoms with Crippen LogP contribution in [0.15, 0.2) is 6.20 Å². The minimum absolute atomic E-state index is 0.400. The second-order valence-corrected chi connectivity index (χ2v) is 3.24. The van der Waals surface area contributed by atoms with E-state index < -0.39 is 0 Å². The Balaban J connectivity index is 3.05. The summed E-state index contributed by atoms with van der Waals surface area (Å²) in [5.74, 6) is 0. The van der Waals surface area contributed by atoms with Crippen molar-refractivity contribution in [2.75, 3.05) is 0 Å². The third-order valence-electron chi connectivity index (χ3n) is 1.67. The van der Waals surface area contributed by atoms with Gasteiger partial charge in [-0.2, -0.15) is 5.10 Å². The van der Waals surface area contributed by atoms with E-state index in [0.717, 1.165) is 17.1 Å². The van der Waals surface area contributed by atoms with Crippen LogP contribution in [-0.2, 0) is 6.42 Å². The summed E-state index contributed by atoms with van der Waals surface area (Å²) in [6.07, 6.45) is 2.65. The van der Waals surface area contributed by atoms with Crippen LogP contribution < -0.4 is 0 Å². The largest absolute Gasteiger partial charge is 0.266 e.